The first-order valence-electron chi connectivity index (χ1n) is 11.9. The smallest absolute Gasteiger partial charge is 0.407 e. The maximum atomic E-state index is 12.2. The molecule has 2 N–H and O–H groups in total. The van der Waals surface area contributed by atoms with E-state index < -0.39 is 12.1 Å². The van der Waals surface area contributed by atoms with Crippen LogP contribution in [0.25, 0.3) is 0 Å². The van der Waals surface area contributed by atoms with Crippen LogP contribution in [-0.2, 0) is 25.7 Å². The Bertz CT molecular complexity index is 651. The van der Waals surface area contributed by atoms with E-state index >= 15 is 0 Å². The summed E-state index contributed by atoms with van der Waals surface area (Å²) in [5.41, 5.74) is 0.940. The molecule has 7 nitrogen and oxygen atoms in total. The number of ether oxygens (including phenoxy) is 2. The number of carbonyl (C=O) groups excluding carboxylic acids is 3. The van der Waals surface area contributed by atoms with E-state index in [-0.39, 0.29) is 18.5 Å². The zero-order valence-corrected chi connectivity index (χ0v) is 19.7. The van der Waals surface area contributed by atoms with Crippen molar-refractivity contribution in [2.24, 2.45) is 0 Å². The lowest BCUT2D eigenvalue weighted by Crippen LogP contribution is -2.41. The minimum Gasteiger partial charge on any atom is -0.467 e. The zero-order valence-electron chi connectivity index (χ0n) is 19.7. The molecule has 2 amide bonds. The molecule has 0 aliphatic heterocycles. The van der Waals surface area contributed by atoms with Crippen LogP contribution in [0.4, 0.5) is 4.79 Å². The third-order valence-electron chi connectivity index (χ3n) is 5.23. The van der Waals surface area contributed by atoms with Crippen LogP contribution >= 0.6 is 0 Å². The molecule has 32 heavy (non-hydrogen) atoms. The lowest BCUT2D eigenvalue weighted by atomic mass is 10.1. The van der Waals surface area contributed by atoms with Gasteiger partial charge in [0, 0.05) is 13.0 Å². The van der Waals surface area contributed by atoms with Gasteiger partial charge < -0.3 is 20.1 Å². The highest BCUT2D eigenvalue weighted by atomic mass is 16.5. The Morgan fingerprint density at radius 1 is 0.906 bits per heavy atom. The first-order valence-corrected chi connectivity index (χ1v) is 11.9. The van der Waals surface area contributed by atoms with Gasteiger partial charge in [0.25, 0.3) is 0 Å². The molecule has 0 spiro atoms. The average molecular weight is 449 g/mol. The molecule has 1 aromatic rings. The summed E-state index contributed by atoms with van der Waals surface area (Å²) in [6, 6.07) is 8.94. The standard InChI is InChI=1S/C25H40N2O5/c1-3-4-5-6-7-12-17-22(24(29)31-2)27-23(28)18-13-9-14-19-26-25(30)32-20-21-15-10-8-11-16-21/h8,10-11,15-16,22H,3-7,9,12-14,17-20H2,1-2H3,(H,26,30)(H,27,28)/t22-/m1/s1. The van der Waals surface area contributed by atoms with Crippen LogP contribution in [0.15, 0.2) is 30.3 Å². The van der Waals surface area contributed by atoms with Crippen LogP contribution in [0.1, 0.15) is 83.1 Å². The number of methoxy groups -OCH3 is 1. The van der Waals surface area contributed by atoms with E-state index in [4.69, 9.17) is 9.47 Å². The number of esters is 1. The van der Waals surface area contributed by atoms with Crippen LogP contribution in [0.2, 0.25) is 0 Å². The van der Waals surface area contributed by atoms with Gasteiger partial charge in [-0.05, 0) is 24.8 Å². The van der Waals surface area contributed by atoms with Crippen LogP contribution in [0.3, 0.4) is 0 Å². The second kappa shape index (κ2) is 18.0. The van der Waals surface area contributed by atoms with Crippen LogP contribution in [0, 0.1) is 0 Å². The summed E-state index contributed by atoms with van der Waals surface area (Å²) < 4.78 is 9.98. The van der Waals surface area contributed by atoms with E-state index in [0.29, 0.717) is 25.8 Å². The molecular formula is C25H40N2O5. The van der Waals surface area contributed by atoms with E-state index in [1.165, 1.54) is 26.4 Å². The predicted molar refractivity (Wildman–Crippen MR) is 125 cm³/mol. The molecule has 0 bridgehead atoms. The first-order chi connectivity index (χ1) is 15.6. The summed E-state index contributed by atoms with van der Waals surface area (Å²) in [7, 11) is 1.35. The van der Waals surface area contributed by atoms with E-state index in [9.17, 15) is 14.4 Å². The molecule has 0 aromatic heterocycles. The van der Waals surface area contributed by atoms with Gasteiger partial charge in [-0.25, -0.2) is 9.59 Å². The van der Waals surface area contributed by atoms with E-state index in [1.807, 2.05) is 30.3 Å². The number of hydrogen-bond donors (Lipinski definition) is 2. The number of alkyl carbamates (subject to hydrolysis) is 1. The Labute approximate surface area is 192 Å². The van der Waals surface area contributed by atoms with Gasteiger partial charge in [0.1, 0.15) is 12.6 Å². The molecule has 0 radical (unpaired) electrons. The van der Waals surface area contributed by atoms with Gasteiger partial charge in [0.15, 0.2) is 0 Å². The summed E-state index contributed by atoms with van der Waals surface area (Å²) >= 11 is 0. The molecule has 0 saturated heterocycles. The maximum Gasteiger partial charge on any atom is 0.407 e. The van der Waals surface area contributed by atoms with Gasteiger partial charge >= 0.3 is 12.1 Å². The van der Waals surface area contributed by atoms with Crippen molar-refractivity contribution in [1.82, 2.24) is 10.6 Å². The Hall–Kier alpha value is -2.57. The molecule has 180 valence electrons. The normalized spacial score (nSPS) is 11.4. The average Bonchev–Trinajstić information content (AvgIpc) is 2.81. The van der Waals surface area contributed by atoms with Crippen molar-refractivity contribution in [3.8, 4) is 0 Å². The van der Waals surface area contributed by atoms with Crippen molar-refractivity contribution >= 4 is 18.0 Å². The fraction of sp³-hybridized carbons (Fsp3) is 0.640. The number of amides is 2. The van der Waals surface area contributed by atoms with Crippen molar-refractivity contribution in [3.05, 3.63) is 35.9 Å². The van der Waals surface area contributed by atoms with Gasteiger partial charge in [0.2, 0.25) is 5.91 Å². The fourth-order valence-corrected chi connectivity index (χ4v) is 3.34. The summed E-state index contributed by atoms with van der Waals surface area (Å²) in [6.07, 6.45) is 9.53. The Kier molecular flexibility index (Phi) is 15.5. The molecule has 0 heterocycles. The minimum atomic E-state index is -0.570. The lowest BCUT2D eigenvalue weighted by molar-refractivity contribution is -0.145. The van der Waals surface area contributed by atoms with E-state index in [0.717, 1.165) is 37.7 Å². The van der Waals surface area contributed by atoms with Gasteiger partial charge in [-0.15, -0.1) is 0 Å². The Balaban J connectivity index is 2.11. The third-order valence-corrected chi connectivity index (χ3v) is 5.23. The Morgan fingerprint density at radius 2 is 1.59 bits per heavy atom. The monoisotopic (exact) mass is 448 g/mol. The van der Waals surface area contributed by atoms with Gasteiger partial charge in [-0.3, -0.25) is 4.79 Å². The molecule has 1 atom stereocenters. The first kappa shape index (κ1) is 27.5. The topological polar surface area (TPSA) is 93.7 Å². The van der Waals surface area contributed by atoms with Gasteiger partial charge in [-0.1, -0.05) is 82.2 Å². The molecule has 0 aliphatic carbocycles. The number of rotatable bonds is 17. The SMILES string of the molecule is CCCCCCCC[C@@H](NC(=O)CCCCCNC(=O)OCc1ccccc1)C(=O)OC. The molecule has 0 aliphatic rings. The molecular weight excluding hydrogens is 408 g/mol. The van der Waals surface area contributed by atoms with Crippen LogP contribution in [-0.4, -0.2) is 37.7 Å². The quantitative estimate of drug-likeness (QED) is 0.262. The Morgan fingerprint density at radius 3 is 2.31 bits per heavy atom. The highest BCUT2D eigenvalue weighted by Crippen LogP contribution is 2.10. The van der Waals surface area contributed by atoms with Gasteiger partial charge in [-0.2, -0.15) is 0 Å². The molecule has 0 unspecified atom stereocenters. The van der Waals surface area contributed by atoms with Crippen molar-refractivity contribution < 1.29 is 23.9 Å². The number of carbonyl (C=O) groups is 3. The lowest BCUT2D eigenvalue weighted by Gasteiger charge is -2.16. The van der Waals surface area contributed by atoms with E-state index in [1.54, 1.807) is 0 Å². The summed E-state index contributed by atoms with van der Waals surface area (Å²) in [4.78, 5) is 35.8. The molecule has 7 heteroatoms. The molecule has 1 rings (SSSR count). The molecule has 1 aromatic carbocycles. The highest BCUT2D eigenvalue weighted by molar-refractivity contribution is 5.84. The van der Waals surface area contributed by atoms with Crippen molar-refractivity contribution in [1.29, 1.82) is 0 Å². The summed E-state index contributed by atoms with van der Waals surface area (Å²) in [5.74, 6) is -0.522. The zero-order chi connectivity index (χ0) is 23.4. The largest absolute Gasteiger partial charge is 0.467 e. The van der Waals surface area contributed by atoms with Crippen molar-refractivity contribution in [2.45, 2.75) is 90.2 Å². The predicted octanol–water partition coefficient (Wildman–Crippen LogP) is 4.88. The summed E-state index contributed by atoms with van der Waals surface area (Å²) in [5, 5.41) is 5.52. The molecule has 0 saturated carbocycles. The minimum absolute atomic E-state index is 0.137. The number of unbranched alkanes of at least 4 members (excludes halogenated alkanes) is 7. The number of hydrogen-bond acceptors (Lipinski definition) is 5. The van der Waals surface area contributed by atoms with Gasteiger partial charge in [0.05, 0.1) is 7.11 Å². The fourth-order valence-electron chi connectivity index (χ4n) is 3.34. The third kappa shape index (κ3) is 13.7. The van der Waals surface area contributed by atoms with E-state index in [2.05, 4.69) is 17.6 Å². The van der Waals surface area contributed by atoms with Crippen LogP contribution < -0.4 is 10.6 Å². The second-order valence-corrected chi connectivity index (χ2v) is 8.00. The maximum absolute atomic E-state index is 12.2. The molecule has 0 fully saturated rings. The second-order valence-electron chi connectivity index (χ2n) is 8.00. The van der Waals surface area contributed by atoms with Crippen LogP contribution in [0.5, 0.6) is 0 Å². The highest BCUT2D eigenvalue weighted by Gasteiger charge is 2.20. The van der Waals surface area contributed by atoms with Crippen molar-refractivity contribution in [3.63, 3.8) is 0 Å². The summed E-state index contributed by atoms with van der Waals surface area (Å²) in [6.45, 7) is 2.92. The number of benzene rings is 1. The van der Waals surface area contributed by atoms with Crippen molar-refractivity contribution in [2.75, 3.05) is 13.7 Å². The number of nitrogens with one attached hydrogen (secondary N) is 2.